The molecule has 2 rings (SSSR count). The van der Waals surface area contributed by atoms with Gasteiger partial charge in [0.1, 0.15) is 6.54 Å². The summed E-state index contributed by atoms with van der Waals surface area (Å²) in [7, 11) is 6.29. The summed E-state index contributed by atoms with van der Waals surface area (Å²) in [6, 6.07) is -0.750. The van der Waals surface area contributed by atoms with Gasteiger partial charge < -0.3 is 54.8 Å². The second kappa shape index (κ2) is 21.7. The van der Waals surface area contributed by atoms with Crippen molar-refractivity contribution in [1.29, 1.82) is 0 Å². The van der Waals surface area contributed by atoms with Gasteiger partial charge in [0, 0.05) is 74.5 Å². The number of hydrogen-bond acceptors (Lipinski definition) is 10. The normalized spacial score (nSPS) is 20.0. The zero-order valence-corrected chi connectivity index (χ0v) is 32.3. The summed E-state index contributed by atoms with van der Waals surface area (Å²) in [5, 5.41) is 2.53. The number of methoxy groups -OCH3 is 2. The summed E-state index contributed by atoms with van der Waals surface area (Å²) >= 11 is 0. The summed E-state index contributed by atoms with van der Waals surface area (Å²) in [5.41, 5.74) is 5.56. The van der Waals surface area contributed by atoms with Crippen LogP contribution in [0.2, 0.25) is 0 Å². The fourth-order valence-corrected chi connectivity index (χ4v) is 7.27. The van der Waals surface area contributed by atoms with Gasteiger partial charge in [0.2, 0.25) is 23.6 Å². The first-order chi connectivity index (χ1) is 23.7. The number of likely N-dealkylation sites (N-methyl/N-ethyl adjacent to an activating group) is 1. The highest BCUT2D eigenvalue weighted by Crippen LogP contribution is 2.29. The number of guanidine groups is 1. The quantitative estimate of drug-likeness (QED) is 0.0848. The van der Waals surface area contributed by atoms with E-state index in [1.165, 1.54) is 7.11 Å². The van der Waals surface area contributed by atoms with E-state index in [4.69, 9.17) is 20.2 Å². The topological polar surface area (TPSA) is 194 Å². The van der Waals surface area contributed by atoms with Crippen LogP contribution in [0.3, 0.4) is 0 Å². The molecule has 2 aliphatic heterocycles. The average molecular weight is 731 g/mol. The standard InChI is InChI=1S/C33H63N8O8P/c1-9-23(2)30(38(6)29(44)21-35-33(37(4)5)40-18-16-39(17-19-40)27(42)13-10-14-34)26(48-7)20-28(43)41-15-11-12-25(41)31(49-8)24(3)32(45)36-22-50(46)47/h23-26,30-31,46-47H,9-22,34H2,1-8H3,(H,36,45). The van der Waals surface area contributed by atoms with E-state index in [2.05, 4.69) is 10.2 Å². The van der Waals surface area contributed by atoms with Gasteiger partial charge in [-0.1, -0.05) is 27.2 Å². The second-order valence-electron chi connectivity index (χ2n) is 13.5. The molecule has 0 aromatic heterocycles. The number of piperazine rings is 1. The number of rotatable bonds is 18. The van der Waals surface area contributed by atoms with Gasteiger partial charge in [-0.25, -0.2) is 4.99 Å². The molecular weight excluding hydrogens is 667 g/mol. The Hall–Kier alpha value is -2.62. The number of carbonyl (C=O) groups is 4. The smallest absolute Gasteiger partial charge is 0.244 e. The Morgan fingerprint density at radius 2 is 1.64 bits per heavy atom. The van der Waals surface area contributed by atoms with Crippen molar-refractivity contribution < 1.29 is 38.4 Å². The van der Waals surface area contributed by atoms with E-state index in [9.17, 15) is 29.0 Å². The van der Waals surface area contributed by atoms with Gasteiger partial charge in [0.15, 0.2) is 14.3 Å². The molecule has 0 spiro atoms. The molecule has 5 N–H and O–H groups in total. The number of amides is 4. The third-order valence-electron chi connectivity index (χ3n) is 9.96. The molecule has 2 heterocycles. The first kappa shape index (κ1) is 43.5. The molecule has 2 fully saturated rings. The van der Waals surface area contributed by atoms with Crippen molar-refractivity contribution in [1.82, 2.24) is 29.8 Å². The van der Waals surface area contributed by atoms with E-state index in [1.54, 1.807) is 30.9 Å². The molecule has 4 amide bonds. The number of nitrogens with two attached hydrogens (primary N) is 1. The SMILES string of the molecule is CCC(C)C(C(CC(=O)N1CCCC1C(OC)C(C)C(=O)NCP(O)O)OC)N(C)C(=O)CN=C(N(C)C)N1CCN(C(=O)CCCN)CC1. The lowest BCUT2D eigenvalue weighted by Gasteiger charge is -2.39. The lowest BCUT2D eigenvalue weighted by Crippen LogP contribution is -2.54. The number of nitrogens with one attached hydrogen (secondary N) is 1. The minimum atomic E-state index is -2.27. The van der Waals surface area contributed by atoms with Crippen LogP contribution in [0.4, 0.5) is 0 Å². The fourth-order valence-electron chi connectivity index (χ4n) is 6.98. The molecule has 0 aromatic carbocycles. The first-order valence-corrected chi connectivity index (χ1v) is 19.1. The molecule has 0 radical (unpaired) electrons. The van der Waals surface area contributed by atoms with Crippen molar-refractivity contribution in [3.63, 3.8) is 0 Å². The lowest BCUT2D eigenvalue weighted by atomic mass is 9.90. The molecule has 2 aliphatic rings. The maximum Gasteiger partial charge on any atom is 0.244 e. The van der Waals surface area contributed by atoms with Crippen LogP contribution in [0, 0.1) is 11.8 Å². The predicted molar refractivity (Wildman–Crippen MR) is 193 cm³/mol. The van der Waals surface area contributed by atoms with Crippen molar-refractivity contribution >= 4 is 38.0 Å². The average Bonchev–Trinajstić information content (AvgIpc) is 3.58. The van der Waals surface area contributed by atoms with Crippen LogP contribution in [-0.4, -0.2) is 176 Å². The minimum Gasteiger partial charge on any atom is -0.379 e. The van der Waals surface area contributed by atoms with Crippen LogP contribution >= 0.6 is 8.38 Å². The number of likely N-dealkylation sites (tertiary alicyclic amines) is 1. The molecule has 16 nitrogen and oxygen atoms in total. The first-order valence-electron chi connectivity index (χ1n) is 17.7. The molecule has 2 saturated heterocycles. The highest BCUT2D eigenvalue weighted by atomic mass is 31.2. The number of ether oxygens (including phenoxy) is 2. The number of nitrogens with zero attached hydrogens (tertiary/aromatic N) is 6. The maximum absolute atomic E-state index is 13.9. The molecule has 288 valence electrons. The van der Waals surface area contributed by atoms with Gasteiger partial charge in [-0.05, 0) is 31.7 Å². The van der Waals surface area contributed by atoms with Crippen molar-refractivity contribution in [2.45, 2.75) is 83.6 Å². The van der Waals surface area contributed by atoms with Crippen LogP contribution in [0.1, 0.15) is 59.3 Å². The molecule has 0 aromatic rings. The second-order valence-corrected chi connectivity index (χ2v) is 14.5. The molecular formula is C33H63N8O8P. The van der Waals surface area contributed by atoms with E-state index in [0.717, 1.165) is 12.8 Å². The summed E-state index contributed by atoms with van der Waals surface area (Å²) in [5.74, 6) is -0.577. The zero-order chi connectivity index (χ0) is 37.5. The molecule has 6 unspecified atom stereocenters. The van der Waals surface area contributed by atoms with Gasteiger partial charge in [-0.3, -0.25) is 19.2 Å². The Kier molecular flexibility index (Phi) is 18.9. The maximum atomic E-state index is 13.9. The van der Waals surface area contributed by atoms with Crippen LogP contribution in [0.15, 0.2) is 4.99 Å². The summed E-state index contributed by atoms with van der Waals surface area (Å²) < 4.78 is 11.7. The number of hydrogen-bond donors (Lipinski definition) is 4. The van der Waals surface area contributed by atoms with Crippen LogP contribution in [0.25, 0.3) is 0 Å². The Morgan fingerprint density at radius 1 is 1.00 bits per heavy atom. The Bertz CT molecular complexity index is 1120. The summed E-state index contributed by atoms with van der Waals surface area (Å²) in [6.07, 6.45) is 1.89. The van der Waals surface area contributed by atoms with E-state index in [1.807, 2.05) is 37.7 Å². The van der Waals surface area contributed by atoms with E-state index < -0.39 is 32.5 Å². The largest absolute Gasteiger partial charge is 0.379 e. The lowest BCUT2D eigenvalue weighted by molar-refractivity contribution is -0.145. The molecule has 6 atom stereocenters. The van der Waals surface area contributed by atoms with Gasteiger partial charge in [0.25, 0.3) is 0 Å². The van der Waals surface area contributed by atoms with Gasteiger partial charge >= 0.3 is 0 Å². The summed E-state index contributed by atoms with van der Waals surface area (Å²) in [6.45, 7) is 9.06. The van der Waals surface area contributed by atoms with Crippen molar-refractivity contribution in [2.75, 3.05) is 87.5 Å². The third-order valence-corrected chi connectivity index (χ3v) is 10.4. The highest BCUT2D eigenvalue weighted by Gasteiger charge is 2.42. The monoisotopic (exact) mass is 730 g/mol. The van der Waals surface area contributed by atoms with Crippen LogP contribution < -0.4 is 11.1 Å². The number of aliphatic imine (C=N–C) groups is 1. The summed E-state index contributed by atoms with van der Waals surface area (Å²) in [4.78, 5) is 85.2. The molecule has 17 heteroatoms. The number of carbonyl (C=O) groups excluding carboxylic acids is 4. The Balaban J connectivity index is 2.15. The predicted octanol–water partition coefficient (Wildman–Crippen LogP) is 0.0776. The molecule has 50 heavy (non-hydrogen) atoms. The van der Waals surface area contributed by atoms with Crippen molar-refractivity contribution in [3.8, 4) is 0 Å². The minimum absolute atomic E-state index is 0.0113. The fraction of sp³-hybridized carbons (Fsp3) is 0.848. The van der Waals surface area contributed by atoms with Gasteiger partial charge in [-0.2, -0.15) is 0 Å². The molecule has 0 aliphatic carbocycles. The molecule has 0 saturated carbocycles. The zero-order valence-electron chi connectivity index (χ0n) is 31.4. The van der Waals surface area contributed by atoms with Crippen LogP contribution in [0.5, 0.6) is 0 Å². The van der Waals surface area contributed by atoms with Gasteiger partial charge in [-0.15, -0.1) is 0 Å². The van der Waals surface area contributed by atoms with Crippen LogP contribution in [-0.2, 0) is 28.7 Å². The highest BCUT2D eigenvalue weighted by molar-refractivity contribution is 7.45. The van der Waals surface area contributed by atoms with Crippen molar-refractivity contribution in [2.24, 2.45) is 22.6 Å². The van der Waals surface area contributed by atoms with E-state index >= 15 is 0 Å². The van der Waals surface area contributed by atoms with E-state index in [-0.39, 0.29) is 54.8 Å². The van der Waals surface area contributed by atoms with Crippen molar-refractivity contribution in [3.05, 3.63) is 0 Å². The third kappa shape index (κ3) is 12.3. The Morgan fingerprint density at radius 3 is 2.18 bits per heavy atom. The molecule has 0 bridgehead atoms. The van der Waals surface area contributed by atoms with Gasteiger partial charge in [0.05, 0.1) is 42.9 Å². The van der Waals surface area contributed by atoms with E-state index in [0.29, 0.717) is 64.5 Å². The Labute approximate surface area is 299 Å².